The monoisotopic (exact) mass is 479 g/mol. The lowest BCUT2D eigenvalue weighted by molar-refractivity contribution is -0.118. The van der Waals surface area contributed by atoms with Crippen LogP contribution in [0.1, 0.15) is 15.9 Å². The summed E-state index contributed by atoms with van der Waals surface area (Å²) in [6.45, 7) is 4.84. The second kappa shape index (κ2) is 10.5. The zero-order chi connectivity index (χ0) is 24.9. The van der Waals surface area contributed by atoms with E-state index in [9.17, 15) is 9.59 Å². The standard InChI is InChI=1S/C30H29N3O3/c1-22-9-11-24(12-10-22)30(35)33-19-17-32(18-20-33)26-15-13-25(14-16-26)31-29(34)21-36-28-8-4-6-23-5-2-3-7-27(23)28/h2-16H,17-21H2,1H3,(H,31,34). The van der Waals surface area contributed by atoms with Crippen molar-refractivity contribution in [3.05, 3.63) is 102 Å². The van der Waals surface area contributed by atoms with Crippen molar-refractivity contribution in [2.45, 2.75) is 6.92 Å². The van der Waals surface area contributed by atoms with Gasteiger partial charge in [0, 0.05) is 48.5 Å². The highest BCUT2D eigenvalue weighted by Crippen LogP contribution is 2.25. The molecule has 1 saturated heterocycles. The van der Waals surface area contributed by atoms with E-state index in [0.29, 0.717) is 18.8 Å². The highest BCUT2D eigenvalue weighted by atomic mass is 16.5. The SMILES string of the molecule is Cc1ccc(C(=O)N2CCN(c3ccc(NC(=O)COc4cccc5ccccc45)cc3)CC2)cc1. The molecule has 1 aliphatic rings. The first-order valence-electron chi connectivity index (χ1n) is 12.2. The molecule has 0 aromatic heterocycles. The molecule has 0 unspecified atom stereocenters. The van der Waals surface area contributed by atoms with Crippen LogP contribution in [-0.2, 0) is 4.79 Å². The molecular formula is C30H29N3O3. The number of rotatable bonds is 6. The minimum atomic E-state index is -0.209. The average molecular weight is 480 g/mol. The summed E-state index contributed by atoms with van der Waals surface area (Å²) in [4.78, 5) is 29.4. The van der Waals surface area contributed by atoms with E-state index < -0.39 is 0 Å². The van der Waals surface area contributed by atoms with Crippen LogP contribution in [0.2, 0.25) is 0 Å². The van der Waals surface area contributed by atoms with Gasteiger partial charge in [-0.3, -0.25) is 9.59 Å². The molecule has 1 fully saturated rings. The second-order valence-electron chi connectivity index (χ2n) is 9.01. The molecule has 1 heterocycles. The maximum atomic E-state index is 12.8. The molecule has 6 heteroatoms. The molecule has 0 bridgehead atoms. The van der Waals surface area contributed by atoms with Crippen LogP contribution >= 0.6 is 0 Å². The third-order valence-corrected chi connectivity index (χ3v) is 6.49. The van der Waals surface area contributed by atoms with Crippen LogP contribution in [0, 0.1) is 6.92 Å². The molecule has 0 saturated carbocycles. The molecule has 0 aliphatic carbocycles. The van der Waals surface area contributed by atoms with Crippen molar-refractivity contribution in [3.63, 3.8) is 0 Å². The number of fused-ring (bicyclic) bond motifs is 1. The van der Waals surface area contributed by atoms with Crippen LogP contribution in [0.5, 0.6) is 5.75 Å². The van der Waals surface area contributed by atoms with E-state index in [1.807, 2.05) is 103 Å². The minimum absolute atomic E-state index is 0.0628. The molecule has 0 atom stereocenters. The van der Waals surface area contributed by atoms with E-state index in [1.54, 1.807) is 0 Å². The van der Waals surface area contributed by atoms with Crippen molar-refractivity contribution in [1.82, 2.24) is 4.90 Å². The summed E-state index contributed by atoms with van der Waals surface area (Å²) >= 11 is 0. The number of hydrogen-bond acceptors (Lipinski definition) is 4. The van der Waals surface area contributed by atoms with E-state index in [1.165, 1.54) is 0 Å². The lowest BCUT2D eigenvalue weighted by atomic mass is 10.1. The van der Waals surface area contributed by atoms with Crippen LogP contribution in [0.3, 0.4) is 0 Å². The number of piperazine rings is 1. The fourth-order valence-electron chi connectivity index (χ4n) is 4.46. The molecule has 1 N–H and O–H groups in total. The first-order valence-corrected chi connectivity index (χ1v) is 12.2. The predicted octanol–water partition coefficient (Wildman–Crippen LogP) is 5.13. The Morgan fingerprint density at radius 2 is 1.50 bits per heavy atom. The van der Waals surface area contributed by atoms with E-state index in [2.05, 4.69) is 10.2 Å². The molecule has 0 spiro atoms. The van der Waals surface area contributed by atoms with Gasteiger partial charge in [0.1, 0.15) is 5.75 Å². The molecule has 1 aliphatic heterocycles. The second-order valence-corrected chi connectivity index (χ2v) is 9.01. The maximum Gasteiger partial charge on any atom is 0.262 e. The molecule has 4 aromatic rings. The number of aryl methyl sites for hydroxylation is 1. The summed E-state index contributed by atoms with van der Waals surface area (Å²) < 4.78 is 5.79. The Morgan fingerprint density at radius 3 is 2.25 bits per heavy atom. The van der Waals surface area contributed by atoms with Crippen molar-refractivity contribution in [1.29, 1.82) is 0 Å². The van der Waals surface area contributed by atoms with Gasteiger partial charge in [-0.1, -0.05) is 54.1 Å². The summed E-state index contributed by atoms with van der Waals surface area (Å²) in [7, 11) is 0. The lowest BCUT2D eigenvalue weighted by Gasteiger charge is -2.36. The van der Waals surface area contributed by atoms with Crippen molar-refractivity contribution >= 4 is 34.0 Å². The molecule has 6 nitrogen and oxygen atoms in total. The molecule has 0 radical (unpaired) electrons. The van der Waals surface area contributed by atoms with Gasteiger partial charge >= 0.3 is 0 Å². The molecular weight excluding hydrogens is 450 g/mol. The number of nitrogens with one attached hydrogen (secondary N) is 1. The Labute approximate surface area is 211 Å². The fourth-order valence-corrected chi connectivity index (χ4v) is 4.46. The van der Waals surface area contributed by atoms with E-state index in [0.717, 1.165) is 46.4 Å². The van der Waals surface area contributed by atoms with Gasteiger partial charge in [-0.05, 0) is 54.8 Å². The molecule has 182 valence electrons. The Hall–Kier alpha value is -4.32. The van der Waals surface area contributed by atoms with E-state index in [-0.39, 0.29) is 18.4 Å². The first-order chi connectivity index (χ1) is 17.6. The topological polar surface area (TPSA) is 61.9 Å². The van der Waals surface area contributed by atoms with E-state index >= 15 is 0 Å². The van der Waals surface area contributed by atoms with Crippen molar-refractivity contribution < 1.29 is 14.3 Å². The van der Waals surface area contributed by atoms with Crippen molar-refractivity contribution in [2.24, 2.45) is 0 Å². The van der Waals surface area contributed by atoms with Gasteiger partial charge in [0.2, 0.25) is 0 Å². The number of carbonyl (C=O) groups excluding carboxylic acids is 2. The van der Waals surface area contributed by atoms with Crippen LogP contribution < -0.4 is 15.0 Å². The smallest absolute Gasteiger partial charge is 0.262 e. The third kappa shape index (κ3) is 5.33. The van der Waals surface area contributed by atoms with Gasteiger partial charge in [-0.2, -0.15) is 0 Å². The summed E-state index contributed by atoms with van der Waals surface area (Å²) in [6, 6.07) is 29.3. The van der Waals surface area contributed by atoms with Gasteiger partial charge in [0.25, 0.3) is 11.8 Å². The van der Waals surface area contributed by atoms with Gasteiger partial charge in [-0.25, -0.2) is 0 Å². The molecule has 4 aromatic carbocycles. The van der Waals surface area contributed by atoms with Gasteiger partial charge in [0.05, 0.1) is 0 Å². The molecule has 5 rings (SSSR count). The third-order valence-electron chi connectivity index (χ3n) is 6.49. The van der Waals surface area contributed by atoms with Crippen LogP contribution in [0.4, 0.5) is 11.4 Å². The number of benzene rings is 4. The summed E-state index contributed by atoms with van der Waals surface area (Å²) in [6.07, 6.45) is 0. The zero-order valence-electron chi connectivity index (χ0n) is 20.3. The first kappa shape index (κ1) is 23.4. The summed E-state index contributed by atoms with van der Waals surface area (Å²) in [5, 5.41) is 4.96. The quantitative estimate of drug-likeness (QED) is 0.417. The summed E-state index contributed by atoms with van der Waals surface area (Å²) in [5.74, 6) is 0.566. The minimum Gasteiger partial charge on any atom is -0.483 e. The van der Waals surface area contributed by atoms with E-state index in [4.69, 9.17) is 4.74 Å². The van der Waals surface area contributed by atoms with Crippen LogP contribution in [0.15, 0.2) is 91.0 Å². The van der Waals surface area contributed by atoms with Crippen LogP contribution in [0.25, 0.3) is 10.8 Å². The Balaban J connectivity index is 1.12. The fraction of sp³-hybridized carbons (Fsp3) is 0.200. The number of anilines is 2. The molecule has 2 amide bonds. The van der Waals surface area contributed by atoms with Gasteiger partial charge < -0.3 is 19.9 Å². The predicted molar refractivity (Wildman–Crippen MR) is 144 cm³/mol. The number of hydrogen-bond donors (Lipinski definition) is 1. The highest BCUT2D eigenvalue weighted by molar-refractivity contribution is 5.94. The lowest BCUT2D eigenvalue weighted by Crippen LogP contribution is -2.48. The Bertz CT molecular complexity index is 1350. The highest BCUT2D eigenvalue weighted by Gasteiger charge is 2.22. The normalized spacial score (nSPS) is 13.5. The summed E-state index contributed by atoms with van der Waals surface area (Å²) in [5.41, 5.74) is 3.67. The average Bonchev–Trinajstić information content (AvgIpc) is 2.92. The Morgan fingerprint density at radius 1 is 0.806 bits per heavy atom. The van der Waals surface area contributed by atoms with Crippen LogP contribution in [-0.4, -0.2) is 49.5 Å². The van der Waals surface area contributed by atoms with Crippen molar-refractivity contribution in [3.8, 4) is 5.75 Å². The molecule has 36 heavy (non-hydrogen) atoms. The zero-order valence-corrected chi connectivity index (χ0v) is 20.3. The number of nitrogens with zero attached hydrogens (tertiary/aromatic N) is 2. The number of amides is 2. The van der Waals surface area contributed by atoms with Gasteiger partial charge in [-0.15, -0.1) is 0 Å². The Kier molecular flexibility index (Phi) is 6.85. The number of carbonyl (C=O) groups is 2. The van der Waals surface area contributed by atoms with Crippen molar-refractivity contribution in [2.75, 3.05) is 43.0 Å². The number of ether oxygens (including phenoxy) is 1. The largest absolute Gasteiger partial charge is 0.483 e. The maximum absolute atomic E-state index is 12.8. The van der Waals surface area contributed by atoms with Gasteiger partial charge in [0.15, 0.2) is 6.61 Å².